The lowest BCUT2D eigenvalue weighted by Gasteiger charge is -2.17. The fourth-order valence-electron chi connectivity index (χ4n) is 1.74. The molecule has 0 saturated carbocycles. The number of methoxy groups -OCH3 is 1. The van der Waals surface area contributed by atoms with Crippen molar-refractivity contribution in [3.8, 4) is 0 Å². The van der Waals surface area contributed by atoms with Crippen LogP contribution in [-0.2, 0) is 11.8 Å². The van der Waals surface area contributed by atoms with Crippen LogP contribution in [0.25, 0.3) is 0 Å². The molecular weight excluding hydrogens is 234 g/mol. The average Bonchev–Trinajstić information content (AvgIpc) is 2.96. The quantitative estimate of drug-likeness (QED) is 0.796. The van der Waals surface area contributed by atoms with Crippen molar-refractivity contribution in [2.45, 2.75) is 6.04 Å². The molecule has 92 valence electrons. The highest BCUT2D eigenvalue weighted by Crippen LogP contribution is 2.24. The molecule has 2 heterocycles. The largest absolute Gasteiger partial charge is 0.383 e. The SMILES string of the molecule is COCCNC(c1cccs1)c1nccn1C. The van der Waals surface area contributed by atoms with Gasteiger partial charge in [-0.25, -0.2) is 4.98 Å². The Labute approximate surface area is 105 Å². The zero-order chi connectivity index (χ0) is 12.1. The van der Waals surface area contributed by atoms with Crippen molar-refractivity contribution in [2.75, 3.05) is 20.3 Å². The number of nitrogens with zero attached hydrogens (tertiary/aromatic N) is 2. The second-order valence-corrected chi connectivity index (χ2v) is 4.77. The van der Waals surface area contributed by atoms with Gasteiger partial charge >= 0.3 is 0 Å². The van der Waals surface area contributed by atoms with E-state index in [0.29, 0.717) is 6.61 Å². The van der Waals surface area contributed by atoms with Gasteiger partial charge in [-0.3, -0.25) is 0 Å². The van der Waals surface area contributed by atoms with Crippen LogP contribution in [0, 0.1) is 0 Å². The number of hydrogen-bond acceptors (Lipinski definition) is 4. The van der Waals surface area contributed by atoms with Crippen LogP contribution in [0.15, 0.2) is 29.9 Å². The Morgan fingerprint density at radius 1 is 1.59 bits per heavy atom. The second-order valence-electron chi connectivity index (χ2n) is 3.79. The van der Waals surface area contributed by atoms with Gasteiger partial charge in [-0.15, -0.1) is 11.3 Å². The molecule has 0 aliphatic carbocycles. The number of imidazole rings is 1. The first-order valence-corrected chi connectivity index (χ1v) is 6.44. The zero-order valence-corrected chi connectivity index (χ0v) is 10.9. The molecule has 2 rings (SSSR count). The molecule has 2 aromatic heterocycles. The molecule has 0 aliphatic rings. The fraction of sp³-hybridized carbons (Fsp3) is 0.417. The standard InChI is InChI=1S/C12H17N3OS/c1-15-7-5-14-12(15)11(13-6-8-16-2)10-4-3-9-17-10/h3-5,7,9,11,13H,6,8H2,1-2H3. The molecule has 0 amide bonds. The number of ether oxygens (including phenoxy) is 1. The second kappa shape index (κ2) is 5.95. The monoisotopic (exact) mass is 251 g/mol. The predicted molar refractivity (Wildman–Crippen MR) is 69.2 cm³/mol. The maximum atomic E-state index is 5.07. The van der Waals surface area contributed by atoms with E-state index in [1.807, 2.05) is 24.0 Å². The molecule has 0 radical (unpaired) electrons. The van der Waals surface area contributed by atoms with Crippen molar-refractivity contribution in [3.05, 3.63) is 40.6 Å². The summed E-state index contributed by atoms with van der Waals surface area (Å²) in [5.41, 5.74) is 0. The molecule has 0 bridgehead atoms. The Balaban J connectivity index is 2.16. The predicted octanol–water partition coefficient (Wildman–Crippen LogP) is 1.81. The molecule has 5 heteroatoms. The number of thiophene rings is 1. The first-order valence-electron chi connectivity index (χ1n) is 5.56. The first kappa shape index (κ1) is 12.3. The zero-order valence-electron chi connectivity index (χ0n) is 10.1. The van der Waals surface area contributed by atoms with E-state index < -0.39 is 0 Å². The van der Waals surface area contributed by atoms with Crippen LogP contribution < -0.4 is 5.32 Å². The number of aryl methyl sites for hydroxylation is 1. The Hall–Kier alpha value is -1.17. The Morgan fingerprint density at radius 2 is 2.47 bits per heavy atom. The van der Waals surface area contributed by atoms with E-state index in [1.165, 1.54) is 4.88 Å². The van der Waals surface area contributed by atoms with Crippen molar-refractivity contribution in [2.24, 2.45) is 7.05 Å². The van der Waals surface area contributed by atoms with Crippen LogP contribution in [0.2, 0.25) is 0 Å². The number of nitrogens with one attached hydrogen (secondary N) is 1. The lowest BCUT2D eigenvalue weighted by molar-refractivity contribution is 0.197. The molecule has 1 N–H and O–H groups in total. The average molecular weight is 251 g/mol. The summed E-state index contributed by atoms with van der Waals surface area (Å²) in [5, 5.41) is 5.55. The van der Waals surface area contributed by atoms with E-state index >= 15 is 0 Å². The summed E-state index contributed by atoms with van der Waals surface area (Å²) in [6, 6.07) is 4.34. The summed E-state index contributed by atoms with van der Waals surface area (Å²) in [6.45, 7) is 1.51. The highest BCUT2D eigenvalue weighted by Gasteiger charge is 2.18. The van der Waals surface area contributed by atoms with Crippen molar-refractivity contribution >= 4 is 11.3 Å². The Bertz CT molecular complexity index is 438. The fourth-order valence-corrected chi connectivity index (χ4v) is 2.53. The highest BCUT2D eigenvalue weighted by atomic mass is 32.1. The summed E-state index contributed by atoms with van der Waals surface area (Å²) >= 11 is 1.74. The van der Waals surface area contributed by atoms with Crippen LogP contribution >= 0.6 is 11.3 Å². The smallest absolute Gasteiger partial charge is 0.131 e. The van der Waals surface area contributed by atoms with Gasteiger partial charge in [0.2, 0.25) is 0 Å². The van der Waals surface area contributed by atoms with Gasteiger partial charge in [0.05, 0.1) is 6.61 Å². The topological polar surface area (TPSA) is 39.1 Å². The maximum absolute atomic E-state index is 5.07. The van der Waals surface area contributed by atoms with E-state index in [2.05, 4.69) is 27.8 Å². The summed E-state index contributed by atoms with van der Waals surface area (Å²) < 4.78 is 7.12. The minimum atomic E-state index is 0.144. The Kier molecular flexibility index (Phi) is 4.30. The van der Waals surface area contributed by atoms with Gasteiger partial charge in [0.15, 0.2) is 0 Å². The van der Waals surface area contributed by atoms with Gasteiger partial charge in [0, 0.05) is 38.0 Å². The summed E-state index contributed by atoms with van der Waals surface area (Å²) in [6.07, 6.45) is 3.79. The molecule has 2 aromatic rings. The molecular formula is C12H17N3OS. The minimum Gasteiger partial charge on any atom is -0.383 e. The molecule has 0 aliphatic heterocycles. The summed E-state index contributed by atoms with van der Waals surface area (Å²) in [4.78, 5) is 5.69. The molecule has 1 atom stereocenters. The summed E-state index contributed by atoms with van der Waals surface area (Å²) in [5.74, 6) is 1.03. The van der Waals surface area contributed by atoms with Crippen LogP contribution in [0.4, 0.5) is 0 Å². The number of aromatic nitrogens is 2. The van der Waals surface area contributed by atoms with Gasteiger partial charge in [0.25, 0.3) is 0 Å². The van der Waals surface area contributed by atoms with Gasteiger partial charge in [-0.05, 0) is 11.4 Å². The van der Waals surface area contributed by atoms with E-state index in [0.717, 1.165) is 12.4 Å². The molecule has 17 heavy (non-hydrogen) atoms. The third-order valence-corrected chi connectivity index (χ3v) is 3.54. The molecule has 4 nitrogen and oxygen atoms in total. The van der Waals surface area contributed by atoms with Crippen LogP contribution in [-0.4, -0.2) is 29.8 Å². The molecule has 0 fully saturated rings. The van der Waals surface area contributed by atoms with E-state index in [-0.39, 0.29) is 6.04 Å². The van der Waals surface area contributed by atoms with E-state index in [9.17, 15) is 0 Å². The minimum absolute atomic E-state index is 0.144. The lowest BCUT2D eigenvalue weighted by atomic mass is 10.2. The number of rotatable bonds is 6. The van der Waals surface area contributed by atoms with E-state index in [4.69, 9.17) is 4.74 Å². The van der Waals surface area contributed by atoms with Gasteiger partial charge in [-0.2, -0.15) is 0 Å². The van der Waals surface area contributed by atoms with Crippen LogP contribution in [0.5, 0.6) is 0 Å². The van der Waals surface area contributed by atoms with Crippen LogP contribution in [0.3, 0.4) is 0 Å². The first-order chi connectivity index (χ1) is 8.33. The molecule has 1 unspecified atom stereocenters. The van der Waals surface area contributed by atoms with Crippen LogP contribution in [0.1, 0.15) is 16.7 Å². The summed E-state index contributed by atoms with van der Waals surface area (Å²) in [7, 11) is 3.73. The van der Waals surface area contributed by atoms with Gasteiger partial charge in [0.1, 0.15) is 11.9 Å². The van der Waals surface area contributed by atoms with Crippen molar-refractivity contribution in [3.63, 3.8) is 0 Å². The third-order valence-electron chi connectivity index (χ3n) is 2.60. The lowest BCUT2D eigenvalue weighted by Crippen LogP contribution is -2.27. The molecule has 0 spiro atoms. The third kappa shape index (κ3) is 2.94. The highest BCUT2D eigenvalue weighted by molar-refractivity contribution is 7.10. The van der Waals surface area contributed by atoms with Crippen molar-refractivity contribution < 1.29 is 4.74 Å². The number of hydrogen-bond donors (Lipinski definition) is 1. The van der Waals surface area contributed by atoms with Gasteiger partial charge in [-0.1, -0.05) is 6.07 Å². The van der Waals surface area contributed by atoms with Crippen molar-refractivity contribution in [1.29, 1.82) is 0 Å². The normalized spacial score (nSPS) is 12.8. The maximum Gasteiger partial charge on any atom is 0.131 e. The van der Waals surface area contributed by atoms with Crippen molar-refractivity contribution in [1.82, 2.24) is 14.9 Å². The van der Waals surface area contributed by atoms with E-state index in [1.54, 1.807) is 18.4 Å². The molecule has 0 saturated heterocycles. The Morgan fingerprint density at radius 3 is 3.06 bits per heavy atom. The van der Waals surface area contributed by atoms with Gasteiger partial charge < -0.3 is 14.6 Å². The molecule has 0 aromatic carbocycles.